The molecule has 6 nitrogen and oxygen atoms in total. The molecule has 6 heteroatoms. The van der Waals surface area contributed by atoms with E-state index < -0.39 is 5.97 Å². The molecule has 2 rings (SSSR count). The van der Waals surface area contributed by atoms with Crippen molar-refractivity contribution in [3.8, 4) is 0 Å². The molecule has 0 spiro atoms. The number of carboxylic acid groups (broad SMARTS) is 1. The van der Waals surface area contributed by atoms with Gasteiger partial charge in [-0.15, -0.1) is 0 Å². The number of nitrogens with zero attached hydrogens (tertiary/aromatic N) is 3. The average Bonchev–Trinajstić information content (AvgIpc) is 2.85. The van der Waals surface area contributed by atoms with E-state index in [1.807, 2.05) is 0 Å². The predicted octanol–water partition coefficient (Wildman–Crippen LogP) is 1.18. The van der Waals surface area contributed by atoms with Gasteiger partial charge in [-0.25, -0.2) is 0 Å². The summed E-state index contributed by atoms with van der Waals surface area (Å²) in [5.74, 6) is -0.830. The highest BCUT2D eigenvalue weighted by Crippen LogP contribution is 2.32. The normalized spacial score (nSPS) is 18.6. The number of likely N-dealkylation sites (tertiary alicyclic amines) is 1. The SMILES string of the molecule is CC(=O)N1CCC[C@@H]1c1nccnc1CCC(=O)O. The summed E-state index contributed by atoms with van der Waals surface area (Å²) in [7, 11) is 0. The number of carbonyl (C=O) groups is 2. The fraction of sp³-hybridized carbons (Fsp3) is 0.538. The van der Waals surface area contributed by atoms with Crippen molar-refractivity contribution in [2.24, 2.45) is 0 Å². The number of carbonyl (C=O) groups excluding carboxylic acids is 1. The number of carboxylic acids is 1. The van der Waals surface area contributed by atoms with Crippen LogP contribution < -0.4 is 0 Å². The molecular weight excluding hydrogens is 246 g/mol. The Labute approximate surface area is 111 Å². The van der Waals surface area contributed by atoms with E-state index in [4.69, 9.17) is 5.11 Å². The number of hydrogen-bond acceptors (Lipinski definition) is 4. The summed E-state index contributed by atoms with van der Waals surface area (Å²) >= 11 is 0. The van der Waals surface area contributed by atoms with Crippen LogP contribution in [0.3, 0.4) is 0 Å². The smallest absolute Gasteiger partial charge is 0.303 e. The van der Waals surface area contributed by atoms with Crippen LogP contribution in [0, 0.1) is 0 Å². The number of rotatable bonds is 4. The Morgan fingerprint density at radius 2 is 2.16 bits per heavy atom. The van der Waals surface area contributed by atoms with Crippen LogP contribution in [-0.2, 0) is 16.0 Å². The Morgan fingerprint density at radius 3 is 2.84 bits per heavy atom. The molecule has 1 saturated heterocycles. The Balaban J connectivity index is 2.23. The zero-order valence-corrected chi connectivity index (χ0v) is 10.9. The minimum Gasteiger partial charge on any atom is -0.481 e. The highest BCUT2D eigenvalue weighted by molar-refractivity contribution is 5.74. The lowest BCUT2D eigenvalue weighted by molar-refractivity contribution is -0.137. The number of amides is 1. The minimum atomic E-state index is -0.855. The van der Waals surface area contributed by atoms with Crippen LogP contribution in [0.4, 0.5) is 0 Å². The van der Waals surface area contributed by atoms with E-state index in [9.17, 15) is 9.59 Å². The first-order valence-corrected chi connectivity index (χ1v) is 6.38. The second kappa shape index (κ2) is 5.77. The molecule has 0 radical (unpaired) electrons. The van der Waals surface area contributed by atoms with E-state index >= 15 is 0 Å². The highest BCUT2D eigenvalue weighted by Gasteiger charge is 2.30. The molecule has 1 atom stereocenters. The van der Waals surface area contributed by atoms with Crippen molar-refractivity contribution in [2.75, 3.05) is 6.54 Å². The maximum absolute atomic E-state index is 11.6. The molecule has 1 amide bonds. The first kappa shape index (κ1) is 13.5. The summed E-state index contributed by atoms with van der Waals surface area (Å²) in [6, 6.07) is -0.0602. The molecule has 1 aliphatic rings. The van der Waals surface area contributed by atoms with Crippen molar-refractivity contribution in [3.05, 3.63) is 23.8 Å². The van der Waals surface area contributed by atoms with Gasteiger partial charge in [0.2, 0.25) is 5.91 Å². The lowest BCUT2D eigenvalue weighted by Gasteiger charge is -2.24. The molecule has 102 valence electrons. The fourth-order valence-electron chi connectivity index (χ4n) is 2.50. The summed E-state index contributed by atoms with van der Waals surface area (Å²) < 4.78 is 0. The highest BCUT2D eigenvalue weighted by atomic mass is 16.4. The van der Waals surface area contributed by atoms with Gasteiger partial charge in [0.05, 0.1) is 23.9 Å². The van der Waals surface area contributed by atoms with Crippen molar-refractivity contribution in [1.29, 1.82) is 0 Å². The van der Waals surface area contributed by atoms with Gasteiger partial charge in [-0.1, -0.05) is 0 Å². The average molecular weight is 263 g/mol. The van der Waals surface area contributed by atoms with Gasteiger partial charge in [0.25, 0.3) is 0 Å². The second-order valence-corrected chi connectivity index (χ2v) is 4.65. The summed E-state index contributed by atoms with van der Waals surface area (Å²) in [5.41, 5.74) is 1.43. The molecule has 1 N–H and O–H groups in total. The van der Waals surface area contributed by atoms with Crippen LogP contribution in [0.1, 0.15) is 43.6 Å². The molecular formula is C13H17N3O3. The van der Waals surface area contributed by atoms with E-state index in [2.05, 4.69) is 9.97 Å². The Bertz CT molecular complexity index is 490. The van der Waals surface area contributed by atoms with E-state index in [0.717, 1.165) is 25.1 Å². The minimum absolute atomic E-state index is 0.0253. The van der Waals surface area contributed by atoms with Crippen LogP contribution in [0.5, 0.6) is 0 Å². The van der Waals surface area contributed by atoms with Crippen molar-refractivity contribution in [1.82, 2.24) is 14.9 Å². The third kappa shape index (κ3) is 3.07. The summed E-state index contributed by atoms with van der Waals surface area (Å²) in [5, 5.41) is 8.76. The van der Waals surface area contributed by atoms with Gasteiger partial charge in [-0.2, -0.15) is 0 Å². The van der Waals surface area contributed by atoms with Crippen LogP contribution in [0.15, 0.2) is 12.4 Å². The quantitative estimate of drug-likeness (QED) is 0.881. The van der Waals surface area contributed by atoms with Gasteiger partial charge in [0.15, 0.2) is 0 Å². The summed E-state index contributed by atoms with van der Waals surface area (Å²) in [6.07, 6.45) is 5.33. The Morgan fingerprint density at radius 1 is 1.42 bits per heavy atom. The van der Waals surface area contributed by atoms with E-state index in [1.165, 1.54) is 0 Å². The van der Waals surface area contributed by atoms with Crippen LogP contribution in [-0.4, -0.2) is 38.4 Å². The lowest BCUT2D eigenvalue weighted by Crippen LogP contribution is -2.29. The topological polar surface area (TPSA) is 83.4 Å². The maximum atomic E-state index is 11.6. The first-order chi connectivity index (χ1) is 9.09. The molecule has 2 heterocycles. The zero-order valence-electron chi connectivity index (χ0n) is 10.9. The molecule has 0 unspecified atom stereocenters. The lowest BCUT2D eigenvalue weighted by atomic mass is 10.1. The van der Waals surface area contributed by atoms with Crippen LogP contribution >= 0.6 is 0 Å². The van der Waals surface area contributed by atoms with E-state index in [0.29, 0.717) is 12.1 Å². The van der Waals surface area contributed by atoms with Crippen molar-refractivity contribution in [2.45, 2.75) is 38.6 Å². The third-order valence-electron chi connectivity index (χ3n) is 3.35. The Kier molecular flexibility index (Phi) is 4.09. The second-order valence-electron chi connectivity index (χ2n) is 4.65. The van der Waals surface area contributed by atoms with Gasteiger partial charge < -0.3 is 10.0 Å². The van der Waals surface area contributed by atoms with Crippen molar-refractivity contribution >= 4 is 11.9 Å². The third-order valence-corrected chi connectivity index (χ3v) is 3.35. The molecule has 0 aromatic carbocycles. The van der Waals surface area contributed by atoms with E-state index in [1.54, 1.807) is 24.2 Å². The number of aliphatic carboxylic acids is 1. The number of hydrogen-bond donors (Lipinski definition) is 1. The fourth-order valence-corrected chi connectivity index (χ4v) is 2.50. The molecule has 1 aromatic heterocycles. The largest absolute Gasteiger partial charge is 0.481 e. The summed E-state index contributed by atoms with van der Waals surface area (Å²) in [4.78, 5) is 32.6. The predicted molar refractivity (Wildman–Crippen MR) is 67.4 cm³/mol. The summed E-state index contributed by atoms with van der Waals surface area (Å²) in [6.45, 7) is 2.28. The number of aromatic nitrogens is 2. The maximum Gasteiger partial charge on any atom is 0.303 e. The monoisotopic (exact) mass is 263 g/mol. The molecule has 0 bridgehead atoms. The molecule has 0 aliphatic carbocycles. The van der Waals surface area contributed by atoms with Crippen molar-refractivity contribution < 1.29 is 14.7 Å². The van der Waals surface area contributed by atoms with Gasteiger partial charge in [0.1, 0.15) is 0 Å². The van der Waals surface area contributed by atoms with Gasteiger partial charge in [-0.05, 0) is 12.8 Å². The van der Waals surface area contributed by atoms with E-state index in [-0.39, 0.29) is 18.4 Å². The molecule has 0 saturated carbocycles. The first-order valence-electron chi connectivity index (χ1n) is 6.38. The number of aryl methyl sites for hydroxylation is 1. The molecule has 1 fully saturated rings. The molecule has 19 heavy (non-hydrogen) atoms. The van der Waals surface area contributed by atoms with Crippen LogP contribution in [0.25, 0.3) is 0 Å². The van der Waals surface area contributed by atoms with Crippen molar-refractivity contribution in [3.63, 3.8) is 0 Å². The van der Waals surface area contributed by atoms with Gasteiger partial charge in [-0.3, -0.25) is 19.6 Å². The zero-order chi connectivity index (χ0) is 13.8. The van der Waals surface area contributed by atoms with Gasteiger partial charge in [0, 0.05) is 32.3 Å². The Hall–Kier alpha value is -1.98. The van der Waals surface area contributed by atoms with Crippen LogP contribution in [0.2, 0.25) is 0 Å². The van der Waals surface area contributed by atoms with Gasteiger partial charge >= 0.3 is 5.97 Å². The molecule has 1 aliphatic heterocycles. The standard InChI is InChI=1S/C13H17N3O3/c1-9(17)16-8-2-3-11(16)13-10(4-5-12(18)19)14-6-7-15-13/h6-7,11H,2-5,8H2,1H3,(H,18,19)/t11-/m1/s1. The molecule has 1 aromatic rings.